The van der Waals surface area contributed by atoms with E-state index in [1.165, 1.54) is 25.9 Å². The Morgan fingerprint density at radius 2 is 1.49 bits per heavy atom. The van der Waals surface area contributed by atoms with Gasteiger partial charge >= 0.3 is 5.97 Å². The highest BCUT2D eigenvalue weighted by molar-refractivity contribution is 6.15. The van der Waals surface area contributed by atoms with Gasteiger partial charge in [-0.05, 0) is 78.8 Å². The lowest BCUT2D eigenvalue weighted by molar-refractivity contribution is -0.134. The Balaban J connectivity index is 1.01. The second-order valence-corrected chi connectivity index (χ2v) is 13.3. The number of hydrogen-bond donors (Lipinski definition) is 0. The van der Waals surface area contributed by atoms with Gasteiger partial charge in [-0.25, -0.2) is 4.79 Å². The Kier molecular flexibility index (Phi) is 8.30. The summed E-state index contributed by atoms with van der Waals surface area (Å²) in [7, 11) is 2.82. The van der Waals surface area contributed by atoms with Crippen molar-refractivity contribution in [3.8, 4) is 17.2 Å². The van der Waals surface area contributed by atoms with E-state index < -0.39 is 5.97 Å². The number of para-hydroxylation sites is 2. The number of carbonyl (C=O) groups is 3. The minimum atomic E-state index is -0.549. The molecule has 2 atom stereocenters. The number of fused-ring (bicyclic) bond motifs is 8. The van der Waals surface area contributed by atoms with Gasteiger partial charge in [0, 0.05) is 53.3 Å². The van der Waals surface area contributed by atoms with Crippen LogP contribution in [0.1, 0.15) is 49.4 Å². The van der Waals surface area contributed by atoms with Crippen LogP contribution in [-0.4, -0.2) is 63.5 Å². The van der Waals surface area contributed by atoms with Gasteiger partial charge in [0.2, 0.25) is 0 Å². The predicted molar refractivity (Wildman–Crippen MR) is 193 cm³/mol. The fraction of sp³-hybridized carbons (Fsp3) is 0.268. The SMILES string of the molecule is COC(=O)/C=C(\COc1cc2c(cc1C)C(=O)N1c3ccccc3C[C@H]1CC2)COc1cc2c(cc1OC)C(=O)N1c3ccccc3C[C@H]1C=N2. The van der Waals surface area contributed by atoms with E-state index in [1.807, 2.05) is 66.4 Å². The van der Waals surface area contributed by atoms with E-state index >= 15 is 0 Å². The lowest BCUT2D eigenvalue weighted by Crippen LogP contribution is -2.37. The number of ether oxygens (including phenoxy) is 4. The molecule has 0 spiro atoms. The minimum Gasteiger partial charge on any atom is -0.493 e. The maximum absolute atomic E-state index is 13.8. The van der Waals surface area contributed by atoms with Crippen molar-refractivity contribution in [2.75, 3.05) is 37.2 Å². The van der Waals surface area contributed by atoms with E-state index in [4.69, 9.17) is 18.9 Å². The number of rotatable bonds is 8. The van der Waals surface area contributed by atoms with Crippen molar-refractivity contribution in [3.63, 3.8) is 0 Å². The number of methoxy groups -OCH3 is 2. The number of carbonyl (C=O) groups excluding carboxylic acids is 3. The average Bonchev–Trinajstić information content (AvgIpc) is 3.64. The Morgan fingerprint density at radius 3 is 2.24 bits per heavy atom. The van der Waals surface area contributed by atoms with Gasteiger partial charge in [0.05, 0.1) is 31.5 Å². The molecule has 10 nitrogen and oxygen atoms in total. The van der Waals surface area contributed by atoms with Crippen molar-refractivity contribution < 1.29 is 33.3 Å². The summed E-state index contributed by atoms with van der Waals surface area (Å²) in [5.74, 6) is 0.643. The lowest BCUT2D eigenvalue weighted by Gasteiger charge is -2.23. The molecular weight excluding hydrogens is 646 g/mol. The van der Waals surface area contributed by atoms with Crippen molar-refractivity contribution in [2.24, 2.45) is 4.99 Å². The molecule has 0 radical (unpaired) electrons. The number of hydrogen-bond acceptors (Lipinski definition) is 8. The van der Waals surface area contributed by atoms with Crippen LogP contribution in [-0.2, 0) is 28.8 Å². The van der Waals surface area contributed by atoms with Gasteiger partial charge in [0.1, 0.15) is 19.0 Å². The molecule has 0 aromatic heterocycles. The predicted octanol–water partition coefficient (Wildman–Crippen LogP) is 6.37. The van der Waals surface area contributed by atoms with E-state index in [0.29, 0.717) is 46.1 Å². The third-order valence-corrected chi connectivity index (χ3v) is 10.1. The third-order valence-electron chi connectivity index (χ3n) is 10.1. The Morgan fingerprint density at radius 1 is 0.804 bits per heavy atom. The van der Waals surface area contributed by atoms with E-state index in [0.717, 1.165) is 47.3 Å². The molecule has 258 valence electrons. The first-order chi connectivity index (χ1) is 24.8. The quantitative estimate of drug-likeness (QED) is 0.157. The summed E-state index contributed by atoms with van der Waals surface area (Å²) in [6, 6.07) is 23.1. The van der Waals surface area contributed by atoms with Gasteiger partial charge in [0.15, 0.2) is 11.5 Å². The molecule has 0 N–H and O–H groups in total. The largest absolute Gasteiger partial charge is 0.493 e. The standard InChI is InChI=1S/C41H37N3O7/c1-24-14-31-26(12-13-29-16-27-8-4-6-10-34(27)43(29)40(31)46)18-36(24)50-22-25(15-39(45)49-3)23-51-38-20-33-32(19-37(38)48-2)41(47)44-30(21-42-33)17-28-9-5-7-11-35(28)44/h4-11,14-15,18-21,29-30H,12-13,16-17,22-23H2,1-3H3/b25-15+/t29-,30+/m1/s1. The van der Waals surface area contributed by atoms with Crippen LogP contribution in [0.4, 0.5) is 17.1 Å². The zero-order chi connectivity index (χ0) is 35.2. The normalized spacial score (nSPS) is 18.5. The van der Waals surface area contributed by atoms with Crippen LogP contribution < -0.4 is 24.0 Å². The zero-order valence-corrected chi connectivity index (χ0v) is 28.7. The number of aryl methyl sites for hydroxylation is 2. The van der Waals surface area contributed by atoms with Crippen LogP contribution in [0.5, 0.6) is 17.2 Å². The van der Waals surface area contributed by atoms with Gasteiger partial charge in [-0.1, -0.05) is 36.4 Å². The monoisotopic (exact) mass is 683 g/mol. The van der Waals surface area contributed by atoms with E-state index in [9.17, 15) is 14.4 Å². The second kappa shape index (κ2) is 13.1. The smallest absolute Gasteiger partial charge is 0.330 e. The molecule has 4 aromatic rings. The van der Waals surface area contributed by atoms with E-state index in [1.54, 1.807) is 23.2 Å². The first-order valence-corrected chi connectivity index (χ1v) is 17.1. The summed E-state index contributed by atoms with van der Waals surface area (Å²) in [6.07, 6.45) is 6.28. The first-order valence-electron chi connectivity index (χ1n) is 17.1. The van der Waals surface area contributed by atoms with Crippen LogP contribution in [0.2, 0.25) is 0 Å². The lowest BCUT2D eigenvalue weighted by atomic mass is 9.98. The molecule has 0 saturated heterocycles. The second-order valence-electron chi connectivity index (χ2n) is 13.3. The summed E-state index contributed by atoms with van der Waals surface area (Å²) in [5, 5.41) is 0. The molecule has 4 aromatic carbocycles. The van der Waals surface area contributed by atoms with E-state index in [-0.39, 0.29) is 37.1 Å². The molecule has 0 aliphatic carbocycles. The molecule has 4 heterocycles. The van der Waals surface area contributed by atoms with Crippen LogP contribution in [0, 0.1) is 6.92 Å². The van der Waals surface area contributed by atoms with Gasteiger partial charge in [0.25, 0.3) is 11.8 Å². The number of anilines is 2. The summed E-state index contributed by atoms with van der Waals surface area (Å²) >= 11 is 0. The topological polar surface area (TPSA) is 107 Å². The highest BCUT2D eigenvalue weighted by atomic mass is 16.5. The van der Waals surface area contributed by atoms with Gasteiger partial charge < -0.3 is 23.8 Å². The molecule has 10 heteroatoms. The highest BCUT2D eigenvalue weighted by Gasteiger charge is 2.38. The molecule has 0 fully saturated rings. The van der Waals surface area contributed by atoms with Crippen LogP contribution in [0.3, 0.4) is 0 Å². The zero-order valence-electron chi connectivity index (χ0n) is 28.7. The summed E-state index contributed by atoms with van der Waals surface area (Å²) in [6.45, 7) is 1.92. The van der Waals surface area contributed by atoms with Crippen LogP contribution in [0.25, 0.3) is 0 Å². The van der Waals surface area contributed by atoms with Crippen molar-refractivity contribution in [2.45, 2.75) is 44.7 Å². The summed E-state index contributed by atoms with van der Waals surface area (Å²) in [5.41, 5.74) is 8.01. The number of amides is 2. The van der Waals surface area contributed by atoms with Crippen molar-refractivity contribution in [3.05, 3.63) is 118 Å². The molecule has 4 aliphatic rings. The maximum Gasteiger partial charge on any atom is 0.330 e. The number of aliphatic imine (C=N–C) groups is 1. The molecular formula is C41H37N3O7. The van der Waals surface area contributed by atoms with Gasteiger partial charge in [-0.15, -0.1) is 0 Å². The Labute approximate surface area is 295 Å². The molecule has 0 unspecified atom stereocenters. The first kappa shape index (κ1) is 32.3. The third kappa shape index (κ3) is 5.80. The summed E-state index contributed by atoms with van der Waals surface area (Å²) < 4.78 is 23.1. The molecule has 51 heavy (non-hydrogen) atoms. The molecule has 4 aliphatic heterocycles. The maximum atomic E-state index is 13.8. The number of benzene rings is 4. The van der Waals surface area contributed by atoms with Crippen molar-refractivity contribution in [1.29, 1.82) is 0 Å². The van der Waals surface area contributed by atoms with Crippen molar-refractivity contribution in [1.82, 2.24) is 0 Å². The number of nitrogens with zero attached hydrogens (tertiary/aromatic N) is 3. The van der Waals surface area contributed by atoms with Crippen LogP contribution in [0.15, 0.2) is 89.4 Å². The molecule has 0 bridgehead atoms. The Bertz CT molecular complexity index is 2160. The summed E-state index contributed by atoms with van der Waals surface area (Å²) in [4.78, 5) is 48.5. The highest BCUT2D eigenvalue weighted by Crippen LogP contribution is 2.42. The fourth-order valence-corrected chi connectivity index (χ4v) is 7.59. The molecule has 8 rings (SSSR count). The van der Waals surface area contributed by atoms with Gasteiger partial charge in [-0.3, -0.25) is 19.5 Å². The average molecular weight is 684 g/mol. The van der Waals surface area contributed by atoms with Crippen LogP contribution >= 0.6 is 0 Å². The Hall–Kier alpha value is -5.90. The van der Waals surface area contributed by atoms with Gasteiger partial charge in [-0.2, -0.15) is 0 Å². The molecule has 2 amide bonds. The van der Waals surface area contributed by atoms with Crippen molar-refractivity contribution >= 4 is 41.1 Å². The number of esters is 1. The minimum absolute atomic E-state index is 0.0118. The fourth-order valence-electron chi connectivity index (χ4n) is 7.59. The molecule has 0 saturated carbocycles. The van der Waals surface area contributed by atoms with E-state index in [2.05, 4.69) is 11.1 Å².